The van der Waals surface area contributed by atoms with Gasteiger partial charge < -0.3 is 5.73 Å². The Morgan fingerprint density at radius 3 is 1.93 bits per heavy atom. The number of alkyl halides is 2. The van der Waals surface area contributed by atoms with Crippen LogP contribution in [0.25, 0.3) is 0 Å². The summed E-state index contributed by atoms with van der Waals surface area (Å²) in [4.78, 5) is 0. The number of halogens is 2. The van der Waals surface area contributed by atoms with Gasteiger partial charge in [0.2, 0.25) is 6.43 Å². The Bertz CT molecular complexity index is 324. The van der Waals surface area contributed by atoms with E-state index in [1.165, 1.54) is 0 Å². The van der Waals surface area contributed by atoms with Crippen LogP contribution >= 0.6 is 0 Å². The third-order valence-corrected chi connectivity index (χ3v) is 2.67. The molecule has 1 rings (SSSR count). The zero-order chi connectivity index (χ0) is 11.6. The van der Waals surface area contributed by atoms with E-state index < -0.39 is 12.3 Å². The molecule has 1 aromatic carbocycles. The van der Waals surface area contributed by atoms with E-state index in [4.69, 9.17) is 5.73 Å². The van der Waals surface area contributed by atoms with Crippen LogP contribution in [0.15, 0.2) is 12.1 Å². The SMILES string of the molecule is Cc1cc(C)c(C(CN)C(F)F)c(C)c1. The van der Waals surface area contributed by atoms with Gasteiger partial charge >= 0.3 is 0 Å². The lowest BCUT2D eigenvalue weighted by molar-refractivity contribution is 0.116. The van der Waals surface area contributed by atoms with Gasteiger partial charge in [0.15, 0.2) is 0 Å². The molecular weight excluding hydrogens is 196 g/mol. The van der Waals surface area contributed by atoms with E-state index in [0.717, 1.165) is 16.7 Å². The molecule has 0 aliphatic rings. The van der Waals surface area contributed by atoms with Crippen molar-refractivity contribution in [2.24, 2.45) is 5.73 Å². The largest absolute Gasteiger partial charge is 0.330 e. The Morgan fingerprint density at radius 2 is 1.60 bits per heavy atom. The molecule has 1 nitrogen and oxygen atoms in total. The summed E-state index contributed by atoms with van der Waals surface area (Å²) in [6.45, 7) is 5.67. The average molecular weight is 213 g/mol. The second kappa shape index (κ2) is 4.71. The van der Waals surface area contributed by atoms with Crippen molar-refractivity contribution in [3.63, 3.8) is 0 Å². The van der Waals surface area contributed by atoms with E-state index in [1.54, 1.807) is 0 Å². The fourth-order valence-corrected chi connectivity index (χ4v) is 2.12. The Morgan fingerprint density at radius 1 is 1.13 bits per heavy atom. The van der Waals surface area contributed by atoms with E-state index in [2.05, 4.69) is 0 Å². The normalized spacial score (nSPS) is 13.3. The molecule has 0 aliphatic heterocycles. The second-order valence-electron chi connectivity index (χ2n) is 3.99. The van der Waals surface area contributed by atoms with Crippen LogP contribution in [0.2, 0.25) is 0 Å². The Kier molecular flexibility index (Phi) is 3.80. The lowest BCUT2D eigenvalue weighted by Gasteiger charge is -2.19. The molecule has 3 heteroatoms. The van der Waals surface area contributed by atoms with Crippen molar-refractivity contribution in [3.8, 4) is 0 Å². The minimum Gasteiger partial charge on any atom is -0.330 e. The fraction of sp³-hybridized carbons (Fsp3) is 0.500. The minimum absolute atomic E-state index is 0.0115. The third-order valence-electron chi connectivity index (χ3n) is 2.67. The van der Waals surface area contributed by atoms with Crippen molar-refractivity contribution >= 4 is 0 Å². The van der Waals surface area contributed by atoms with E-state index in [9.17, 15) is 8.78 Å². The summed E-state index contributed by atoms with van der Waals surface area (Å²) >= 11 is 0. The summed E-state index contributed by atoms with van der Waals surface area (Å²) in [5.74, 6) is -0.842. The highest BCUT2D eigenvalue weighted by molar-refractivity contribution is 5.40. The summed E-state index contributed by atoms with van der Waals surface area (Å²) in [6, 6.07) is 3.85. The molecule has 0 aromatic heterocycles. The van der Waals surface area contributed by atoms with Gasteiger partial charge in [0.05, 0.1) is 5.92 Å². The minimum atomic E-state index is -2.39. The lowest BCUT2D eigenvalue weighted by Crippen LogP contribution is -2.21. The lowest BCUT2D eigenvalue weighted by atomic mass is 9.89. The molecule has 1 unspecified atom stereocenters. The van der Waals surface area contributed by atoms with E-state index >= 15 is 0 Å². The number of aryl methyl sites for hydroxylation is 3. The van der Waals surface area contributed by atoms with Gasteiger partial charge in [-0.1, -0.05) is 17.7 Å². The highest BCUT2D eigenvalue weighted by Gasteiger charge is 2.23. The van der Waals surface area contributed by atoms with Crippen molar-refractivity contribution in [2.45, 2.75) is 33.1 Å². The highest BCUT2D eigenvalue weighted by Crippen LogP contribution is 2.29. The van der Waals surface area contributed by atoms with Crippen LogP contribution in [0.3, 0.4) is 0 Å². The summed E-state index contributed by atoms with van der Waals surface area (Å²) in [5, 5.41) is 0. The van der Waals surface area contributed by atoms with Gasteiger partial charge in [-0.2, -0.15) is 0 Å². The first-order valence-corrected chi connectivity index (χ1v) is 5.03. The Labute approximate surface area is 89.3 Å². The van der Waals surface area contributed by atoms with Crippen molar-refractivity contribution < 1.29 is 8.78 Å². The fourth-order valence-electron chi connectivity index (χ4n) is 2.12. The van der Waals surface area contributed by atoms with Gasteiger partial charge in [0.1, 0.15) is 0 Å². The van der Waals surface area contributed by atoms with Crippen LogP contribution in [0.5, 0.6) is 0 Å². The van der Waals surface area contributed by atoms with Gasteiger partial charge in [-0.3, -0.25) is 0 Å². The zero-order valence-electron chi connectivity index (χ0n) is 9.35. The predicted molar refractivity (Wildman–Crippen MR) is 58.5 cm³/mol. The number of benzene rings is 1. The number of hydrogen-bond donors (Lipinski definition) is 1. The maximum atomic E-state index is 12.8. The summed E-state index contributed by atoms with van der Waals surface area (Å²) in [7, 11) is 0. The van der Waals surface area contributed by atoms with Crippen LogP contribution in [-0.2, 0) is 0 Å². The van der Waals surface area contributed by atoms with Gasteiger partial charge in [0, 0.05) is 6.54 Å². The predicted octanol–water partition coefficient (Wildman–Crippen LogP) is 2.92. The van der Waals surface area contributed by atoms with E-state index in [1.807, 2.05) is 32.9 Å². The first-order chi connectivity index (χ1) is 6.97. The topological polar surface area (TPSA) is 26.0 Å². The molecular formula is C12H17F2N. The molecule has 2 N–H and O–H groups in total. The summed E-state index contributed by atoms with van der Waals surface area (Å²) < 4.78 is 25.5. The highest BCUT2D eigenvalue weighted by atomic mass is 19.3. The van der Waals surface area contributed by atoms with Crippen molar-refractivity contribution in [1.82, 2.24) is 0 Å². The monoisotopic (exact) mass is 213 g/mol. The molecule has 84 valence electrons. The Hall–Kier alpha value is -0.960. The number of hydrogen-bond acceptors (Lipinski definition) is 1. The molecule has 0 saturated heterocycles. The van der Waals surface area contributed by atoms with Crippen LogP contribution in [-0.4, -0.2) is 13.0 Å². The van der Waals surface area contributed by atoms with Gasteiger partial charge in [0.25, 0.3) is 0 Å². The van der Waals surface area contributed by atoms with E-state index in [-0.39, 0.29) is 6.54 Å². The van der Waals surface area contributed by atoms with Crippen LogP contribution in [0.4, 0.5) is 8.78 Å². The molecule has 0 heterocycles. The molecule has 15 heavy (non-hydrogen) atoms. The first kappa shape index (κ1) is 12.1. The summed E-state index contributed by atoms with van der Waals surface area (Å²) in [6.07, 6.45) is -2.39. The Balaban J connectivity index is 3.23. The van der Waals surface area contributed by atoms with E-state index in [0.29, 0.717) is 5.56 Å². The van der Waals surface area contributed by atoms with Gasteiger partial charge in [-0.15, -0.1) is 0 Å². The molecule has 0 radical (unpaired) electrons. The molecule has 0 aliphatic carbocycles. The third kappa shape index (κ3) is 2.53. The average Bonchev–Trinajstić information content (AvgIpc) is 2.09. The van der Waals surface area contributed by atoms with Crippen LogP contribution in [0, 0.1) is 20.8 Å². The molecule has 0 saturated carbocycles. The number of nitrogens with two attached hydrogens (primary N) is 1. The van der Waals surface area contributed by atoms with Crippen LogP contribution in [0.1, 0.15) is 28.2 Å². The molecule has 0 fully saturated rings. The van der Waals surface area contributed by atoms with Gasteiger partial charge in [-0.25, -0.2) is 8.78 Å². The second-order valence-corrected chi connectivity index (χ2v) is 3.99. The molecule has 1 atom stereocenters. The quantitative estimate of drug-likeness (QED) is 0.820. The smallest absolute Gasteiger partial charge is 0.246 e. The molecule has 1 aromatic rings. The molecule has 0 bridgehead atoms. The number of rotatable bonds is 3. The first-order valence-electron chi connectivity index (χ1n) is 5.03. The molecule has 0 amide bonds. The van der Waals surface area contributed by atoms with Crippen molar-refractivity contribution in [3.05, 3.63) is 34.4 Å². The maximum absolute atomic E-state index is 12.8. The maximum Gasteiger partial charge on any atom is 0.246 e. The summed E-state index contributed by atoms with van der Waals surface area (Å²) in [5.41, 5.74) is 9.02. The molecule has 0 spiro atoms. The van der Waals surface area contributed by atoms with Gasteiger partial charge in [-0.05, 0) is 37.5 Å². The van der Waals surface area contributed by atoms with Crippen LogP contribution < -0.4 is 5.73 Å². The van der Waals surface area contributed by atoms with Crippen molar-refractivity contribution in [1.29, 1.82) is 0 Å². The zero-order valence-corrected chi connectivity index (χ0v) is 9.35. The van der Waals surface area contributed by atoms with Crippen molar-refractivity contribution in [2.75, 3.05) is 6.54 Å². The standard InChI is InChI=1S/C12H17F2N/c1-7-4-8(2)11(9(3)5-7)10(6-15)12(13)14/h4-5,10,12H,6,15H2,1-3H3.